The van der Waals surface area contributed by atoms with Crippen molar-refractivity contribution in [3.8, 4) is 0 Å². The first-order valence-electron chi connectivity index (χ1n) is 7.17. The SMILES string of the molecule is COC1(C)CC(C(c2cccc(Br)c2)c2nncn2C)C1. The van der Waals surface area contributed by atoms with E-state index in [1.807, 2.05) is 11.6 Å². The molecule has 0 amide bonds. The Morgan fingerprint density at radius 1 is 1.43 bits per heavy atom. The molecule has 1 aromatic carbocycles. The van der Waals surface area contributed by atoms with E-state index in [4.69, 9.17) is 4.74 Å². The number of methoxy groups -OCH3 is 1. The van der Waals surface area contributed by atoms with Gasteiger partial charge in [-0.3, -0.25) is 0 Å². The van der Waals surface area contributed by atoms with E-state index in [1.54, 1.807) is 13.4 Å². The lowest BCUT2D eigenvalue weighted by Crippen LogP contribution is -2.45. The molecule has 1 unspecified atom stereocenters. The number of halogens is 1. The summed E-state index contributed by atoms with van der Waals surface area (Å²) < 4.78 is 8.73. The number of nitrogens with zero attached hydrogens (tertiary/aromatic N) is 3. The average molecular weight is 350 g/mol. The standard InChI is InChI=1S/C16H20BrN3O/c1-16(21-3)8-12(9-16)14(15-19-18-10-20(15)2)11-5-4-6-13(17)7-11/h4-7,10,12,14H,8-9H2,1-3H3. The van der Waals surface area contributed by atoms with E-state index in [1.165, 1.54) is 5.56 Å². The zero-order chi connectivity index (χ0) is 15.0. The van der Waals surface area contributed by atoms with E-state index in [0.717, 1.165) is 23.1 Å². The molecule has 3 rings (SSSR count). The lowest BCUT2D eigenvalue weighted by Gasteiger charge is -2.47. The summed E-state index contributed by atoms with van der Waals surface area (Å²) in [6.45, 7) is 2.18. The van der Waals surface area contributed by atoms with Crippen molar-refractivity contribution in [2.45, 2.75) is 31.3 Å². The number of hydrogen-bond donors (Lipinski definition) is 0. The first-order valence-corrected chi connectivity index (χ1v) is 7.96. The zero-order valence-electron chi connectivity index (χ0n) is 12.6. The highest BCUT2D eigenvalue weighted by molar-refractivity contribution is 9.10. The maximum absolute atomic E-state index is 5.61. The molecule has 1 fully saturated rings. The molecule has 1 saturated carbocycles. The minimum atomic E-state index is 0.00746. The largest absolute Gasteiger partial charge is 0.379 e. The molecule has 0 N–H and O–H groups in total. The summed E-state index contributed by atoms with van der Waals surface area (Å²) in [6, 6.07) is 8.49. The molecule has 5 heteroatoms. The minimum absolute atomic E-state index is 0.00746. The van der Waals surface area contributed by atoms with E-state index >= 15 is 0 Å². The molecule has 0 radical (unpaired) electrons. The Labute approximate surface area is 133 Å². The third-order valence-corrected chi connectivity index (χ3v) is 5.08. The highest BCUT2D eigenvalue weighted by Crippen LogP contribution is 2.49. The predicted octanol–water partition coefficient (Wildman–Crippen LogP) is 3.52. The van der Waals surface area contributed by atoms with Crippen LogP contribution in [0.15, 0.2) is 35.1 Å². The van der Waals surface area contributed by atoms with Crippen LogP contribution in [0.5, 0.6) is 0 Å². The summed E-state index contributed by atoms with van der Waals surface area (Å²) in [5.74, 6) is 1.82. The van der Waals surface area contributed by atoms with Crippen molar-refractivity contribution in [1.29, 1.82) is 0 Å². The maximum atomic E-state index is 5.61. The van der Waals surface area contributed by atoms with Crippen LogP contribution in [0.25, 0.3) is 0 Å². The second-order valence-electron chi connectivity index (χ2n) is 6.16. The van der Waals surface area contributed by atoms with E-state index in [2.05, 4.69) is 57.3 Å². The lowest BCUT2D eigenvalue weighted by atomic mass is 9.64. The van der Waals surface area contributed by atoms with Gasteiger partial charge in [0, 0.05) is 24.5 Å². The number of aryl methyl sites for hydroxylation is 1. The Balaban J connectivity index is 1.95. The Morgan fingerprint density at radius 2 is 2.19 bits per heavy atom. The van der Waals surface area contributed by atoms with Gasteiger partial charge >= 0.3 is 0 Å². The van der Waals surface area contributed by atoms with E-state index in [-0.39, 0.29) is 11.5 Å². The summed E-state index contributed by atoms with van der Waals surface area (Å²) in [7, 11) is 3.81. The van der Waals surface area contributed by atoms with Gasteiger partial charge in [0.15, 0.2) is 0 Å². The quantitative estimate of drug-likeness (QED) is 0.847. The molecule has 0 bridgehead atoms. The second-order valence-corrected chi connectivity index (χ2v) is 7.07. The molecule has 4 nitrogen and oxygen atoms in total. The van der Waals surface area contributed by atoms with Crippen LogP contribution in [0.2, 0.25) is 0 Å². The number of ether oxygens (including phenoxy) is 1. The third kappa shape index (κ3) is 2.77. The first-order chi connectivity index (χ1) is 10.0. The van der Waals surface area contributed by atoms with Crippen LogP contribution in [0.1, 0.15) is 37.1 Å². The van der Waals surface area contributed by atoms with Gasteiger partial charge in [0.2, 0.25) is 0 Å². The fraction of sp³-hybridized carbons (Fsp3) is 0.500. The summed E-state index contributed by atoms with van der Waals surface area (Å²) in [5, 5.41) is 8.41. The van der Waals surface area contributed by atoms with Gasteiger partial charge in [-0.2, -0.15) is 0 Å². The van der Waals surface area contributed by atoms with Crippen molar-refractivity contribution in [2.24, 2.45) is 13.0 Å². The second kappa shape index (κ2) is 5.54. The van der Waals surface area contributed by atoms with Gasteiger partial charge in [0.05, 0.1) is 5.60 Å². The normalized spacial score (nSPS) is 26.4. The van der Waals surface area contributed by atoms with Gasteiger partial charge < -0.3 is 9.30 Å². The summed E-state index contributed by atoms with van der Waals surface area (Å²) in [6.07, 6.45) is 3.87. The van der Waals surface area contributed by atoms with Crippen LogP contribution in [-0.2, 0) is 11.8 Å². The molecular formula is C16H20BrN3O. The molecule has 1 atom stereocenters. The highest BCUT2D eigenvalue weighted by atomic mass is 79.9. The molecule has 1 aromatic heterocycles. The summed E-state index contributed by atoms with van der Waals surface area (Å²) in [5.41, 5.74) is 1.29. The van der Waals surface area contributed by atoms with E-state index in [0.29, 0.717) is 5.92 Å². The average Bonchev–Trinajstić information content (AvgIpc) is 2.83. The van der Waals surface area contributed by atoms with Crippen LogP contribution in [-0.4, -0.2) is 27.5 Å². The van der Waals surface area contributed by atoms with Gasteiger partial charge in [-0.15, -0.1) is 10.2 Å². The van der Waals surface area contributed by atoms with Crippen LogP contribution in [0.4, 0.5) is 0 Å². The molecule has 21 heavy (non-hydrogen) atoms. The van der Waals surface area contributed by atoms with Crippen LogP contribution >= 0.6 is 15.9 Å². The van der Waals surface area contributed by atoms with E-state index in [9.17, 15) is 0 Å². The first kappa shape index (κ1) is 14.7. The number of hydrogen-bond acceptors (Lipinski definition) is 3. The fourth-order valence-electron chi connectivity index (χ4n) is 3.36. The topological polar surface area (TPSA) is 39.9 Å². The molecule has 112 valence electrons. The van der Waals surface area contributed by atoms with Crippen molar-refractivity contribution in [3.05, 3.63) is 46.5 Å². The molecular weight excluding hydrogens is 330 g/mol. The molecule has 0 saturated heterocycles. The molecule has 2 aromatic rings. The fourth-order valence-corrected chi connectivity index (χ4v) is 3.77. The van der Waals surface area contributed by atoms with Crippen molar-refractivity contribution in [1.82, 2.24) is 14.8 Å². The van der Waals surface area contributed by atoms with Crippen LogP contribution in [0, 0.1) is 5.92 Å². The highest BCUT2D eigenvalue weighted by Gasteiger charge is 2.46. The Morgan fingerprint density at radius 3 is 2.76 bits per heavy atom. The number of benzene rings is 1. The Kier molecular flexibility index (Phi) is 3.88. The molecule has 0 spiro atoms. The van der Waals surface area contributed by atoms with Crippen LogP contribution in [0.3, 0.4) is 0 Å². The van der Waals surface area contributed by atoms with Gasteiger partial charge in [0.25, 0.3) is 0 Å². The lowest BCUT2D eigenvalue weighted by molar-refractivity contribution is -0.0947. The molecule has 1 aliphatic carbocycles. The van der Waals surface area contributed by atoms with Gasteiger partial charge in [-0.1, -0.05) is 28.1 Å². The molecule has 0 aliphatic heterocycles. The summed E-state index contributed by atoms with van der Waals surface area (Å²) in [4.78, 5) is 0. The van der Waals surface area contributed by atoms with Crippen molar-refractivity contribution in [3.63, 3.8) is 0 Å². The molecule has 1 aliphatic rings. The third-order valence-electron chi connectivity index (χ3n) is 4.58. The maximum Gasteiger partial charge on any atom is 0.140 e. The Hall–Kier alpha value is -1.20. The zero-order valence-corrected chi connectivity index (χ0v) is 14.2. The minimum Gasteiger partial charge on any atom is -0.379 e. The summed E-state index contributed by atoms with van der Waals surface area (Å²) >= 11 is 3.57. The monoisotopic (exact) mass is 349 g/mol. The van der Waals surface area contributed by atoms with Crippen molar-refractivity contribution >= 4 is 15.9 Å². The number of rotatable bonds is 4. The van der Waals surface area contributed by atoms with Gasteiger partial charge in [-0.25, -0.2) is 0 Å². The molecule has 1 heterocycles. The van der Waals surface area contributed by atoms with Crippen molar-refractivity contribution in [2.75, 3.05) is 7.11 Å². The van der Waals surface area contributed by atoms with Crippen molar-refractivity contribution < 1.29 is 4.74 Å². The smallest absolute Gasteiger partial charge is 0.140 e. The number of aromatic nitrogens is 3. The van der Waals surface area contributed by atoms with Gasteiger partial charge in [0.1, 0.15) is 12.2 Å². The Bertz CT molecular complexity index is 634. The van der Waals surface area contributed by atoms with Crippen LogP contribution < -0.4 is 0 Å². The van der Waals surface area contributed by atoms with E-state index < -0.39 is 0 Å². The predicted molar refractivity (Wildman–Crippen MR) is 85.1 cm³/mol. The van der Waals surface area contributed by atoms with Gasteiger partial charge in [-0.05, 0) is 43.4 Å².